The normalized spacial score (nSPS) is 12.9. The molecule has 0 spiro atoms. The fraction of sp³-hybridized carbons (Fsp3) is 0.400. The van der Waals surface area contributed by atoms with Crippen LogP contribution in [-0.4, -0.2) is 15.3 Å². The van der Waals surface area contributed by atoms with Crippen molar-refractivity contribution in [1.82, 2.24) is 14.1 Å². The Labute approximate surface area is 111 Å². The van der Waals surface area contributed by atoms with E-state index in [9.17, 15) is 0 Å². The summed E-state index contributed by atoms with van der Waals surface area (Å²) < 4.78 is 9.53. The average Bonchev–Trinajstić information content (AvgIpc) is 2.88. The number of nitrogens with zero attached hydrogens (tertiary/aromatic N) is 2. The summed E-state index contributed by atoms with van der Waals surface area (Å²) in [4.78, 5) is 1.35. The first-order valence-corrected chi connectivity index (χ1v) is 7.38. The van der Waals surface area contributed by atoms with Crippen molar-refractivity contribution in [2.75, 3.05) is 6.54 Å². The molecule has 6 heteroatoms. The molecular weight excluding hydrogens is 306 g/mol. The lowest BCUT2D eigenvalue weighted by atomic mass is 10.1. The van der Waals surface area contributed by atoms with Gasteiger partial charge in [-0.15, -0.1) is 11.3 Å². The van der Waals surface area contributed by atoms with Gasteiger partial charge in [-0.3, -0.25) is 0 Å². The van der Waals surface area contributed by atoms with Crippen molar-refractivity contribution in [2.45, 2.75) is 19.4 Å². The molecule has 0 aliphatic carbocycles. The molecule has 1 N–H and O–H groups in total. The fourth-order valence-electron chi connectivity index (χ4n) is 1.52. The number of halogens is 1. The molecule has 2 aromatic rings. The zero-order valence-corrected chi connectivity index (χ0v) is 12.0. The largest absolute Gasteiger partial charge is 0.309 e. The molecule has 0 fully saturated rings. The maximum Gasteiger partial charge on any atom is 0.0915 e. The lowest BCUT2D eigenvalue weighted by molar-refractivity contribution is 0.543. The third kappa shape index (κ3) is 3.10. The maximum absolute atomic E-state index is 4.30. The zero-order valence-electron chi connectivity index (χ0n) is 8.81. The lowest BCUT2D eigenvalue weighted by Gasteiger charge is -2.13. The molecule has 0 aliphatic heterocycles. The Morgan fingerprint density at radius 3 is 2.94 bits per heavy atom. The molecule has 3 nitrogen and oxygen atoms in total. The van der Waals surface area contributed by atoms with Crippen molar-refractivity contribution in [3.63, 3.8) is 0 Å². The standard InChI is InChI=1S/C10H12BrN3S2/c1-2-12-8(9-6-13-16-14-9)5-7-3-4-10(11)15-7/h3-4,6,8,12H,2,5H2,1H3. The summed E-state index contributed by atoms with van der Waals surface area (Å²) >= 11 is 6.52. The van der Waals surface area contributed by atoms with Gasteiger partial charge in [0.1, 0.15) is 0 Å². The summed E-state index contributed by atoms with van der Waals surface area (Å²) in [7, 11) is 0. The van der Waals surface area contributed by atoms with E-state index in [1.54, 1.807) is 11.3 Å². The highest BCUT2D eigenvalue weighted by Gasteiger charge is 2.14. The van der Waals surface area contributed by atoms with E-state index in [-0.39, 0.29) is 6.04 Å². The van der Waals surface area contributed by atoms with Crippen molar-refractivity contribution in [3.8, 4) is 0 Å². The molecule has 2 rings (SSSR count). The van der Waals surface area contributed by atoms with Crippen LogP contribution in [0.1, 0.15) is 23.5 Å². The molecule has 86 valence electrons. The molecular formula is C10H12BrN3S2. The Morgan fingerprint density at radius 1 is 1.50 bits per heavy atom. The van der Waals surface area contributed by atoms with Crippen LogP contribution in [0.25, 0.3) is 0 Å². The highest BCUT2D eigenvalue weighted by molar-refractivity contribution is 9.11. The van der Waals surface area contributed by atoms with Gasteiger partial charge in [-0.1, -0.05) is 6.92 Å². The molecule has 1 atom stereocenters. The van der Waals surface area contributed by atoms with Crippen LogP contribution in [0.15, 0.2) is 22.1 Å². The van der Waals surface area contributed by atoms with Gasteiger partial charge in [-0.05, 0) is 34.6 Å². The van der Waals surface area contributed by atoms with Gasteiger partial charge < -0.3 is 5.32 Å². The van der Waals surface area contributed by atoms with Gasteiger partial charge in [-0.2, -0.15) is 8.75 Å². The van der Waals surface area contributed by atoms with Crippen LogP contribution in [-0.2, 0) is 6.42 Å². The summed E-state index contributed by atoms with van der Waals surface area (Å²) in [5.41, 5.74) is 1.04. The molecule has 16 heavy (non-hydrogen) atoms. The van der Waals surface area contributed by atoms with E-state index >= 15 is 0 Å². The third-order valence-electron chi connectivity index (χ3n) is 2.22. The van der Waals surface area contributed by atoms with Crippen molar-refractivity contribution in [3.05, 3.63) is 32.7 Å². The van der Waals surface area contributed by atoms with E-state index in [4.69, 9.17) is 0 Å². The molecule has 0 saturated heterocycles. The van der Waals surface area contributed by atoms with Gasteiger partial charge >= 0.3 is 0 Å². The molecule has 1 unspecified atom stereocenters. The molecule has 0 radical (unpaired) electrons. The lowest BCUT2D eigenvalue weighted by Crippen LogP contribution is -2.22. The Kier molecular flexibility index (Phi) is 4.45. The summed E-state index contributed by atoms with van der Waals surface area (Å²) in [5.74, 6) is 0. The Hall–Kier alpha value is -0.300. The second-order valence-corrected chi connectivity index (χ2v) is 6.46. The minimum Gasteiger partial charge on any atom is -0.309 e. The van der Waals surface area contributed by atoms with Crippen LogP contribution >= 0.6 is 39.0 Å². The first kappa shape index (κ1) is 12.2. The van der Waals surface area contributed by atoms with Gasteiger partial charge in [-0.25, -0.2) is 0 Å². The van der Waals surface area contributed by atoms with Crippen molar-refractivity contribution in [2.24, 2.45) is 0 Å². The van der Waals surface area contributed by atoms with Crippen LogP contribution in [0.4, 0.5) is 0 Å². The van der Waals surface area contributed by atoms with E-state index in [1.807, 2.05) is 6.20 Å². The average molecular weight is 318 g/mol. The van der Waals surface area contributed by atoms with Crippen LogP contribution in [0, 0.1) is 0 Å². The predicted molar refractivity (Wildman–Crippen MR) is 72.0 cm³/mol. The number of likely N-dealkylation sites (N-methyl/N-ethyl adjacent to an activating group) is 1. The van der Waals surface area contributed by atoms with Crippen molar-refractivity contribution < 1.29 is 0 Å². The molecule has 0 saturated carbocycles. The van der Waals surface area contributed by atoms with Gasteiger partial charge in [0.25, 0.3) is 0 Å². The first-order chi connectivity index (χ1) is 7.79. The molecule has 2 aromatic heterocycles. The van der Waals surface area contributed by atoms with E-state index in [2.05, 4.69) is 49.1 Å². The monoisotopic (exact) mass is 317 g/mol. The molecule has 0 aliphatic rings. The molecule has 0 aromatic carbocycles. The zero-order chi connectivity index (χ0) is 11.4. The quantitative estimate of drug-likeness (QED) is 0.919. The van der Waals surface area contributed by atoms with Crippen molar-refractivity contribution >= 4 is 39.0 Å². The number of thiophene rings is 1. The second kappa shape index (κ2) is 5.86. The number of aromatic nitrogens is 2. The number of rotatable bonds is 5. The van der Waals surface area contributed by atoms with Gasteiger partial charge in [0.05, 0.1) is 33.4 Å². The Morgan fingerprint density at radius 2 is 2.38 bits per heavy atom. The number of hydrogen-bond acceptors (Lipinski definition) is 5. The van der Waals surface area contributed by atoms with Gasteiger partial charge in [0, 0.05) is 11.3 Å². The summed E-state index contributed by atoms with van der Waals surface area (Å²) in [5, 5.41) is 3.44. The third-order valence-corrected chi connectivity index (χ3v) is 4.36. The smallest absolute Gasteiger partial charge is 0.0915 e. The predicted octanol–water partition coefficient (Wildman–Crippen LogP) is 3.26. The maximum atomic E-state index is 4.30. The van der Waals surface area contributed by atoms with Crippen molar-refractivity contribution in [1.29, 1.82) is 0 Å². The molecule has 0 amide bonds. The van der Waals surface area contributed by atoms with Crippen LogP contribution in [0.5, 0.6) is 0 Å². The van der Waals surface area contributed by atoms with Crippen LogP contribution in [0.3, 0.4) is 0 Å². The number of hydrogen-bond donors (Lipinski definition) is 1. The Balaban J connectivity index is 2.09. The van der Waals surface area contributed by atoms with E-state index < -0.39 is 0 Å². The van der Waals surface area contributed by atoms with Gasteiger partial charge in [0.15, 0.2) is 0 Å². The highest BCUT2D eigenvalue weighted by atomic mass is 79.9. The first-order valence-electron chi connectivity index (χ1n) is 5.04. The number of nitrogens with one attached hydrogen (secondary N) is 1. The Bertz CT molecular complexity index is 427. The summed E-state index contributed by atoms with van der Waals surface area (Å²) in [6.07, 6.45) is 2.82. The summed E-state index contributed by atoms with van der Waals surface area (Å²) in [6, 6.07) is 4.51. The highest BCUT2D eigenvalue weighted by Crippen LogP contribution is 2.26. The van der Waals surface area contributed by atoms with E-state index in [1.165, 1.54) is 20.4 Å². The minimum atomic E-state index is 0.272. The van der Waals surface area contributed by atoms with Gasteiger partial charge in [0.2, 0.25) is 0 Å². The second-order valence-electron chi connectivity index (χ2n) is 3.35. The van der Waals surface area contributed by atoms with E-state index in [0.29, 0.717) is 0 Å². The molecule has 0 bridgehead atoms. The summed E-state index contributed by atoms with van der Waals surface area (Å²) in [6.45, 7) is 3.05. The fourth-order valence-corrected chi connectivity index (χ4v) is 3.52. The van der Waals surface area contributed by atoms with Crippen LogP contribution in [0.2, 0.25) is 0 Å². The van der Waals surface area contributed by atoms with E-state index in [0.717, 1.165) is 18.7 Å². The molecule has 2 heterocycles. The topological polar surface area (TPSA) is 37.8 Å². The SMILES string of the molecule is CCNC(Cc1ccc(Br)s1)c1cnsn1. The minimum absolute atomic E-state index is 0.272. The van der Waals surface area contributed by atoms with Crippen LogP contribution < -0.4 is 5.32 Å².